The fourth-order valence-corrected chi connectivity index (χ4v) is 2.55. The van der Waals surface area contributed by atoms with E-state index in [0.29, 0.717) is 11.3 Å². The molecular weight excluding hydrogens is 260 g/mol. The van der Waals surface area contributed by atoms with Gasteiger partial charge in [-0.15, -0.1) is 0 Å². The lowest BCUT2D eigenvalue weighted by atomic mass is 9.82. The van der Waals surface area contributed by atoms with Crippen molar-refractivity contribution in [3.63, 3.8) is 0 Å². The molecule has 1 aromatic carbocycles. The summed E-state index contributed by atoms with van der Waals surface area (Å²) < 4.78 is 5.56. The maximum absolute atomic E-state index is 12.7. The molecule has 0 aliphatic rings. The molecule has 0 aliphatic heterocycles. The summed E-state index contributed by atoms with van der Waals surface area (Å²) in [6.07, 6.45) is 1.07. The number of carbonyl (C=O) groups excluding carboxylic acids is 1. The first-order valence-corrected chi connectivity index (χ1v) is 7.49. The van der Waals surface area contributed by atoms with Crippen molar-refractivity contribution in [2.24, 2.45) is 0 Å². The topological polar surface area (TPSA) is 30.2 Å². The molecule has 0 atom stereocenters. The molecular formula is C19H24O2. The number of rotatable bonds is 4. The predicted molar refractivity (Wildman–Crippen MR) is 86.1 cm³/mol. The highest BCUT2D eigenvalue weighted by molar-refractivity contribution is 6.10. The number of ketones is 1. The second kappa shape index (κ2) is 5.51. The van der Waals surface area contributed by atoms with Crippen LogP contribution < -0.4 is 0 Å². The van der Waals surface area contributed by atoms with Gasteiger partial charge in [-0.1, -0.05) is 45.0 Å². The molecule has 2 rings (SSSR count). The maximum atomic E-state index is 12.7. The third-order valence-electron chi connectivity index (χ3n) is 4.60. The molecule has 0 aliphatic carbocycles. The first-order chi connectivity index (χ1) is 9.77. The standard InChI is InChI=1S/C19H24O2/c1-7-19(5,6)16-10-8-15(9-11-16)18(20)17-12(2)13(3)21-14(17)4/h8-11H,7H2,1-6H3. The van der Waals surface area contributed by atoms with Crippen LogP contribution >= 0.6 is 0 Å². The number of carbonyl (C=O) groups is 1. The molecule has 112 valence electrons. The van der Waals surface area contributed by atoms with Gasteiger partial charge in [-0.3, -0.25) is 4.79 Å². The van der Waals surface area contributed by atoms with Crippen LogP contribution in [0.4, 0.5) is 0 Å². The molecule has 0 unspecified atom stereocenters. The van der Waals surface area contributed by atoms with Gasteiger partial charge in [-0.25, -0.2) is 0 Å². The van der Waals surface area contributed by atoms with Crippen molar-refractivity contribution >= 4 is 5.78 Å². The molecule has 2 heteroatoms. The molecule has 0 bridgehead atoms. The zero-order chi connectivity index (χ0) is 15.8. The summed E-state index contributed by atoms with van der Waals surface area (Å²) in [5.74, 6) is 1.57. The second-order valence-corrected chi connectivity index (χ2v) is 6.36. The van der Waals surface area contributed by atoms with Gasteiger partial charge in [0.1, 0.15) is 11.5 Å². The molecule has 0 saturated heterocycles. The molecule has 0 spiro atoms. The van der Waals surface area contributed by atoms with Crippen molar-refractivity contribution in [2.75, 3.05) is 0 Å². The Kier molecular flexibility index (Phi) is 4.08. The lowest BCUT2D eigenvalue weighted by Crippen LogP contribution is -2.15. The summed E-state index contributed by atoms with van der Waals surface area (Å²) in [5, 5.41) is 0. The van der Waals surface area contributed by atoms with Crippen LogP contribution in [0.25, 0.3) is 0 Å². The van der Waals surface area contributed by atoms with Gasteiger partial charge in [0.25, 0.3) is 0 Å². The molecule has 2 aromatic rings. The number of hydrogen-bond acceptors (Lipinski definition) is 2. The van der Waals surface area contributed by atoms with E-state index in [2.05, 4.69) is 32.9 Å². The van der Waals surface area contributed by atoms with E-state index in [9.17, 15) is 4.79 Å². The Labute approximate surface area is 127 Å². The predicted octanol–water partition coefficient (Wildman–Crippen LogP) is 5.12. The number of furan rings is 1. The van der Waals surface area contributed by atoms with Crippen LogP contribution in [-0.4, -0.2) is 5.78 Å². The van der Waals surface area contributed by atoms with Gasteiger partial charge >= 0.3 is 0 Å². The minimum absolute atomic E-state index is 0.0442. The Morgan fingerprint density at radius 3 is 2.05 bits per heavy atom. The summed E-state index contributed by atoms with van der Waals surface area (Å²) in [5.41, 5.74) is 3.76. The van der Waals surface area contributed by atoms with E-state index in [4.69, 9.17) is 4.42 Å². The smallest absolute Gasteiger partial charge is 0.196 e. The molecule has 0 saturated carbocycles. The molecule has 1 aromatic heterocycles. The normalized spacial score (nSPS) is 11.7. The van der Waals surface area contributed by atoms with Crippen LogP contribution in [0.1, 0.15) is 65.8 Å². The van der Waals surface area contributed by atoms with Gasteiger partial charge in [0, 0.05) is 11.1 Å². The second-order valence-electron chi connectivity index (χ2n) is 6.36. The highest BCUT2D eigenvalue weighted by atomic mass is 16.3. The van der Waals surface area contributed by atoms with Crippen molar-refractivity contribution in [1.29, 1.82) is 0 Å². The minimum atomic E-state index is 0.0442. The average molecular weight is 284 g/mol. The summed E-state index contributed by atoms with van der Waals surface area (Å²) >= 11 is 0. The Balaban J connectivity index is 2.37. The monoisotopic (exact) mass is 284 g/mol. The van der Waals surface area contributed by atoms with Crippen molar-refractivity contribution in [3.05, 3.63) is 58.0 Å². The van der Waals surface area contributed by atoms with Crippen LogP contribution in [0.2, 0.25) is 0 Å². The van der Waals surface area contributed by atoms with E-state index in [1.807, 2.05) is 32.9 Å². The van der Waals surface area contributed by atoms with E-state index in [1.54, 1.807) is 0 Å². The van der Waals surface area contributed by atoms with Gasteiger partial charge in [-0.05, 0) is 38.2 Å². The minimum Gasteiger partial charge on any atom is -0.466 e. The highest BCUT2D eigenvalue weighted by Crippen LogP contribution is 2.28. The van der Waals surface area contributed by atoms with Gasteiger partial charge in [0.05, 0.1) is 5.56 Å². The highest BCUT2D eigenvalue weighted by Gasteiger charge is 2.21. The van der Waals surface area contributed by atoms with E-state index in [0.717, 1.165) is 23.3 Å². The summed E-state index contributed by atoms with van der Waals surface area (Å²) in [7, 11) is 0. The Hall–Kier alpha value is -1.83. The molecule has 0 fully saturated rings. The van der Waals surface area contributed by atoms with Crippen LogP contribution in [0.5, 0.6) is 0 Å². The van der Waals surface area contributed by atoms with Gasteiger partial charge in [0.2, 0.25) is 0 Å². The Morgan fingerprint density at radius 1 is 1.05 bits per heavy atom. The van der Waals surface area contributed by atoms with Crippen LogP contribution in [0.15, 0.2) is 28.7 Å². The zero-order valence-corrected chi connectivity index (χ0v) is 13.8. The summed E-state index contributed by atoms with van der Waals surface area (Å²) in [6, 6.07) is 7.98. The number of hydrogen-bond donors (Lipinski definition) is 0. The van der Waals surface area contributed by atoms with Crippen molar-refractivity contribution in [2.45, 2.75) is 53.4 Å². The fourth-order valence-electron chi connectivity index (χ4n) is 2.55. The molecule has 0 radical (unpaired) electrons. The molecule has 0 N–H and O–H groups in total. The first-order valence-electron chi connectivity index (χ1n) is 7.49. The van der Waals surface area contributed by atoms with Crippen LogP contribution in [-0.2, 0) is 5.41 Å². The lowest BCUT2D eigenvalue weighted by molar-refractivity contribution is 0.103. The van der Waals surface area contributed by atoms with E-state index in [-0.39, 0.29) is 11.2 Å². The van der Waals surface area contributed by atoms with Crippen LogP contribution in [0.3, 0.4) is 0 Å². The van der Waals surface area contributed by atoms with Crippen LogP contribution in [0, 0.1) is 20.8 Å². The quantitative estimate of drug-likeness (QED) is 0.729. The van der Waals surface area contributed by atoms with Crippen molar-refractivity contribution in [1.82, 2.24) is 0 Å². The third kappa shape index (κ3) is 2.80. The van der Waals surface area contributed by atoms with Gasteiger partial charge in [0.15, 0.2) is 5.78 Å². The maximum Gasteiger partial charge on any atom is 0.196 e. The van der Waals surface area contributed by atoms with Gasteiger partial charge < -0.3 is 4.42 Å². The van der Waals surface area contributed by atoms with Crippen molar-refractivity contribution in [3.8, 4) is 0 Å². The van der Waals surface area contributed by atoms with Crippen molar-refractivity contribution < 1.29 is 9.21 Å². The third-order valence-corrected chi connectivity index (χ3v) is 4.60. The summed E-state index contributed by atoms with van der Waals surface area (Å²) in [6.45, 7) is 12.3. The molecule has 2 nitrogen and oxygen atoms in total. The molecule has 21 heavy (non-hydrogen) atoms. The van der Waals surface area contributed by atoms with E-state index in [1.165, 1.54) is 5.56 Å². The Bertz CT molecular complexity index is 658. The summed E-state index contributed by atoms with van der Waals surface area (Å²) in [4.78, 5) is 12.7. The molecule has 0 amide bonds. The molecule has 1 heterocycles. The Morgan fingerprint density at radius 2 is 1.62 bits per heavy atom. The number of benzene rings is 1. The largest absolute Gasteiger partial charge is 0.466 e. The fraction of sp³-hybridized carbons (Fsp3) is 0.421. The zero-order valence-electron chi connectivity index (χ0n) is 13.8. The van der Waals surface area contributed by atoms with E-state index < -0.39 is 0 Å². The SMILES string of the molecule is CCC(C)(C)c1ccc(C(=O)c2c(C)oc(C)c2C)cc1. The lowest BCUT2D eigenvalue weighted by Gasteiger charge is -2.23. The first kappa shape index (κ1) is 15.6. The van der Waals surface area contributed by atoms with Gasteiger partial charge in [-0.2, -0.15) is 0 Å². The number of aryl methyl sites for hydroxylation is 2. The average Bonchev–Trinajstić information content (AvgIpc) is 2.71. The van der Waals surface area contributed by atoms with E-state index >= 15 is 0 Å².